The Morgan fingerprint density at radius 2 is 1.91 bits per heavy atom. The van der Waals surface area contributed by atoms with E-state index >= 15 is 0 Å². The van der Waals surface area contributed by atoms with Crippen LogP contribution < -0.4 is 10.3 Å². The van der Waals surface area contributed by atoms with Crippen LogP contribution >= 0.6 is 11.6 Å². The van der Waals surface area contributed by atoms with Gasteiger partial charge in [0.1, 0.15) is 22.5 Å². The molecule has 6 rings (SSSR count). The topological polar surface area (TPSA) is 84.1 Å². The molecule has 1 fully saturated rings. The highest BCUT2D eigenvalue weighted by Gasteiger charge is 2.24. The van der Waals surface area contributed by atoms with Crippen molar-refractivity contribution in [2.75, 3.05) is 13.7 Å². The third-order valence-corrected chi connectivity index (χ3v) is 6.65. The summed E-state index contributed by atoms with van der Waals surface area (Å²) in [5, 5.41) is 0.885. The monoisotopic (exact) mass is 475 g/mol. The van der Waals surface area contributed by atoms with Crippen molar-refractivity contribution in [2.24, 2.45) is 0 Å². The number of methoxy groups -OCH3 is 1. The molecule has 0 bridgehead atoms. The first-order chi connectivity index (χ1) is 16.5. The molecule has 5 aromatic rings. The highest BCUT2D eigenvalue weighted by molar-refractivity contribution is 6.32. The molecule has 0 aliphatic carbocycles. The third-order valence-electron chi connectivity index (χ3n) is 6.36. The Kier molecular flexibility index (Phi) is 5.00. The zero-order valence-electron chi connectivity index (χ0n) is 18.8. The second kappa shape index (κ2) is 8.07. The minimum Gasteiger partial charge on any atom is -0.495 e. The maximum Gasteiger partial charge on any atom is 0.265 e. The Morgan fingerprint density at radius 3 is 2.62 bits per heavy atom. The molecule has 1 aliphatic heterocycles. The lowest BCUT2D eigenvalue weighted by atomic mass is 10.2. The first kappa shape index (κ1) is 21.1. The number of ether oxygens (including phenoxy) is 2. The van der Waals surface area contributed by atoms with Crippen LogP contribution in [-0.4, -0.2) is 43.9 Å². The van der Waals surface area contributed by atoms with E-state index in [9.17, 15) is 4.79 Å². The predicted octanol–water partition coefficient (Wildman–Crippen LogP) is 4.43. The normalized spacial score (nSPS) is 16.1. The Hall–Kier alpha value is -3.49. The molecule has 172 valence electrons. The maximum atomic E-state index is 13.8. The van der Waals surface area contributed by atoms with Crippen molar-refractivity contribution < 1.29 is 9.47 Å². The number of hydrogen-bond donors (Lipinski definition) is 0. The smallest absolute Gasteiger partial charge is 0.265 e. The van der Waals surface area contributed by atoms with Gasteiger partial charge in [-0.15, -0.1) is 0 Å². The Morgan fingerprint density at radius 1 is 1.12 bits per heavy atom. The molecule has 0 radical (unpaired) electrons. The van der Waals surface area contributed by atoms with Crippen LogP contribution in [-0.2, 0) is 11.3 Å². The van der Waals surface area contributed by atoms with Gasteiger partial charge < -0.3 is 9.47 Å². The number of para-hydroxylation sites is 2. The van der Waals surface area contributed by atoms with Crippen LogP contribution in [0, 0.1) is 6.92 Å². The quantitative estimate of drug-likeness (QED) is 0.382. The van der Waals surface area contributed by atoms with Crippen molar-refractivity contribution >= 4 is 44.8 Å². The largest absolute Gasteiger partial charge is 0.495 e. The van der Waals surface area contributed by atoms with Gasteiger partial charge in [0.15, 0.2) is 11.3 Å². The standard InChI is InChI=1S/C25H22ClN5O3/c1-14-27-23-21(25(32)30(14)13-16-6-5-11-34-16)22-24(29-19-8-4-3-7-18(19)28-22)31(23)15-9-10-20(33-2)17(26)12-15/h3-4,7-10,12,16H,5-6,11,13H2,1-2H3. The zero-order valence-corrected chi connectivity index (χ0v) is 19.5. The summed E-state index contributed by atoms with van der Waals surface area (Å²) in [5.41, 5.74) is 3.58. The highest BCUT2D eigenvalue weighted by Crippen LogP contribution is 2.32. The fourth-order valence-electron chi connectivity index (χ4n) is 4.68. The third kappa shape index (κ3) is 3.25. The highest BCUT2D eigenvalue weighted by atomic mass is 35.5. The average molecular weight is 476 g/mol. The minimum absolute atomic E-state index is 0.0105. The molecule has 34 heavy (non-hydrogen) atoms. The van der Waals surface area contributed by atoms with Crippen molar-refractivity contribution in [3.8, 4) is 11.4 Å². The van der Waals surface area contributed by atoms with Gasteiger partial charge in [-0.2, -0.15) is 0 Å². The molecule has 1 saturated heterocycles. The van der Waals surface area contributed by atoms with E-state index in [0.717, 1.165) is 30.7 Å². The first-order valence-corrected chi connectivity index (χ1v) is 11.6. The van der Waals surface area contributed by atoms with Crippen molar-refractivity contribution in [1.29, 1.82) is 0 Å². The van der Waals surface area contributed by atoms with E-state index in [1.165, 1.54) is 0 Å². The van der Waals surface area contributed by atoms with Gasteiger partial charge in [0, 0.05) is 6.61 Å². The van der Waals surface area contributed by atoms with Gasteiger partial charge in [-0.25, -0.2) is 15.0 Å². The molecule has 9 heteroatoms. The second-order valence-electron chi connectivity index (χ2n) is 8.45. The van der Waals surface area contributed by atoms with E-state index < -0.39 is 0 Å². The average Bonchev–Trinajstić information content (AvgIpc) is 3.46. The van der Waals surface area contributed by atoms with Crippen molar-refractivity contribution in [3.63, 3.8) is 0 Å². The van der Waals surface area contributed by atoms with E-state index in [1.54, 1.807) is 23.8 Å². The summed E-state index contributed by atoms with van der Waals surface area (Å²) >= 11 is 6.45. The van der Waals surface area contributed by atoms with Crippen LogP contribution in [0.5, 0.6) is 5.75 Å². The Bertz CT molecular complexity index is 1640. The van der Waals surface area contributed by atoms with Crippen LogP contribution in [0.2, 0.25) is 5.02 Å². The lowest BCUT2D eigenvalue weighted by Crippen LogP contribution is -2.29. The number of benzene rings is 2. The lowest BCUT2D eigenvalue weighted by molar-refractivity contribution is 0.0955. The van der Waals surface area contributed by atoms with Crippen LogP contribution in [0.25, 0.3) is 38.9 Å². The lowest BCUT2D eigenvalue weighted by Gasteiger charge is -2.15. The van der Waals surface area contributed by atoms with Crippen LogP contribution in [0.3, 0.4) is 0 Å². The molecule has 1 unspecified atom stereocenters. The molecule has 8 nitrogen and oxygen atoms in total. The van der Waals surface area contributed by atoms with Gasteiger partial charge in [-0.05, 0) is 50.1 Å². The number of halogens is 1. The van der Waals surface area contributed by atoms with Gasteiger partial charge >= 0.3 is 0 Å². The van der Waals surface area contributed by atoms with Gasteiger partial charge in [-0.1, -0.05) is 23.7 Å². The summed E-state index contributed by atoms with van der Waals surface area (Å²) in [5.74, 6) is 1.17. The van der Waals surface area contributed by atoms with E-state index in [-0.39, 0.29) is 11.7 Å². The summed E-state index contributed by atoms with van der Waals surface area (Å²) in [6.07, 6.45) is 1.94. The molecule has 0 spiro atoms. The van der Waals surface area contributed by atoms with Crippen LogP contribution in [0.1, 0.15) is 18.7 Å². The predicted molar refractivity (Wildman–Crippen MR) is 131 cm³/mol. The van der Waals surface area contributed by atoms with E-state index in [1.807, 2.05) is 41.8 Å². The molecule has 0 amide bonds. The Balaban J connectivity index is 1.70. The van der Waals surface area contributed by atoms with E-state index in [4.69, 9.17) is 36.0 Å². The van der Waals surface area contributed by atoms with Gasteiger partial charge in [0.25, 0.3) is 5.56 Å². The Labute approximate surface area is 199 Å². The van der Waals surface area contributed by atoms with Crippen LogP contribution in [0.4, 0.5) is 0 Å². The first-order valence-electron chi connectivity index (χ1n) is 11.2. The van der Waals surface area contributed by atoms with Gasteiger partial charge in [0.2, 0.25) is 0 Å². The molecule has 0 N–H and O–H groups in total. The van der Waals surface area contributed by atoms with E-state index in [0.29, 0.717) is 50.9 Å². The maximum absolute atomic E-state index is 13.8. The van der Waals surface area contributed by atoms with Crippen molar-refractivity contribution in [2.45, 2.75) is 32.4 Å². The summed E-state index contributed by atoms with van der Waals surface area (Å²) in [6, 6.07) is 13.1. The van der Waals surface area contributed by atoms with Gasteiger partial charge in [-0.3, -0.25) is 13.9 Å². The number of rotatable bonds is 4. The fraction of sp³-hybridized carbons (Fsp3) is 0.280. The van der Waals surface area contributed by atoms with Crippen molar-refractivity contribution in [3.05, 3.63) is 63.7 Å². The number of aromatic nitrogens is 5. The molecule has 1 aliphatic rings. The molecule has 3 aromatic heterocycles. The number of aryl methyl sites for hydroxylation is 1. The SMILES string of the molecule is COc1ccc(-n2c3nc4ccccc4nc3c3c(=O)n(CC4CCCO4)c(C)nc32)cc1Cl. The summed E-state index contributed by atoms with van der Waals surface area (Å²) in [7, 11) is 1.57. The molecular weight excluding hydrogens is 454 g/mol. The molecule has 1 atom stereocenters. The van der Waals surface area contributed by atoms with Crippen molar-refractivity contribution in [1.82, 2.24) is 24.1 Å². The van der Waals surface area contributed by atoms with Crippen LogP contribution in [0.15, 0.2) is 47.3 Å². The summed E-state index contributed by atoms with van der Waals surface area (Å²) in [4.78, 5) is 28.4. The minimum atomic E-state index is -0.147. The molecular formula is C25H22ClN5O3. The summed E-state index contributed by atoms with van der Waals surface area (Å²) < 4.78 is 14.6. The number of hydrogen-bond acceptors (Lipinski definition) is 6. The zero-order chi connectivity index (χ0) is 23.4. The van der Waals surface area contributed by atoms with E-state index in [2.05, 4.69) is 0 Å². The number of fused-ring (bicyclic) bond motifs is 4. The molecule has 2 aromatic carbocycles. The molecule has 4 heterocycles. The molecule has 0 saturated carbocycles. The number of nitrogens with zero attached hydrogens (tertiary/aromatic N) is 5. The van der Waals surface area contributed by atoms with Gasteiger partial charge in [0.05, 0.1) is 41.5 Å². The second-order valence-corrected chi connectivity index (χ2v) is 8.85. The summed E-state index contributed by atoms with van der Waals surface area (Å²) in [6.45, 7) is 3.04. The fourth-order valence-corrected chi connectivity index (χ4v) is 4.93.